The fourth-order valence-electron chi connectivity index (χ4n) is 2.76. The fourth-order valence-corrected chi connectivity index (χ4v) is 4.75. The van der Waals surface area contributed by atoms with E-state index in [-0.39, 0.29) is 4.90 Å². The average molecular weight is 414 g/mol. The van der Waals surface area contributed by atoms with Gasteiger partial charge in [0, 0.05) is 16.3 Å². The maximum absolute atomic E-state index is 12.7. The van der Waals surface area contributed by atoms with E-state index in [9.17, 15) is 8.42 Å². The predicted octanol–water partition coefficient (Wildman–Crippen LogP) is 5.35. The molecule has 0 spiro atoms. The molecule has 0 fully saturated rings. The van der Waals surface area contributed by atoms with E-state index in [1.54, 1.807) is 49.2 Å². The van der Waals surface area contributed by atoms with Crippen LogP contribution in [0.1, 0.15) is 18.1 Å². The molecule has 3 rings (SSSR count). The van der Waals surface area contributed by atoms with Crippen LogP contribution in [0, 0.1) is 0 Å². The second kappa shape index (κ2) is 9.17. The molecule has 0 aromatic heterocycles. The topological polar surface area (TPSA) is 55.4 Å². The first-order valence-electron chi connectivity index (χ1n) is 8.98. The van der Waals surface area contributed by atoms with Gasteiger partial charge in [0.15, 0.2) is 0 Å². The number of sulfonamides is 1. The molecule has 0 saturated heterocycles. The third kappa shape index (κ3) is 5.09. The van der Waals surface area contributed by atoms with Crippen LogP contribution in [0.15, 0.2) is 82.6 Å². The van der Waals surface area contributed by atoms with Gasteiger partial charge in [0.05, 0.1) is 12.0 Å². The second-order valence-electron chi connectivity index (χ2n) is 6.23. The molecule has 0 amide bonds. The monoisotopic (exact) mass is 413 g/mol. The molecule has 0 aliphatic carbocycles. The van der Waals surface area contributed by atoms with Crippen molar-refractivity contribution in [3.8, 4) is 5.75 Å². The first-order valence-corrected chi connectivity index (χ1v) is 11.4. The highest BCUT2D eigenvalue weighted by Crippen LogP contribution is 2.26. The molecule has 0 radical (unpaired) electrons. The minimum absolute atomic E-state index is 0.230. The summed E-state index contributed by atoms with van der Waals surface area (Å²) in [7, 11) is -2.07. The van der Waals surface area contributed by atoms with E-state index < -0.39 is 10.0 Å². The number of aryl methyl sites for hydroxylation is 1. The Labute approximate surface area is 171 Å². The number of hydrogen-bond donors (Lipinski definition) is 1. The molecule has 28 heavy (non-hydrogen) atoms. The van der Waals surface area contributed by atoms with Crippen molar-refractivity contribution in [3.63, 3.8) is 0 Å². The van der Waals surface area contributed by atoms with Gasteiger partial charge in [-0.15, -0.1) is 11.8 Å². The van der Waals surface area contributed by atoms with Crippen LogP contribution >= 0.6 is 11.8 Å². The number of nitrogens with one attached hydrogen (secondary N) is 1. The van der Waals surface area contributed by atoms with Crippen LogP contribution < -0.4 is 9.46 Å². The van der Waals surface area contributed by atoms with Crippen LogP contribution in [0.2, 0.25) is 0 Å². The Morgan fingerprint density at radius 3 is 2.32 bits per heavy atom. The van der Waals surface area contributed by atoms with E-state index in [2.05, 4.69) is 16.9 Å². The van der Waals surface area contributed by atoms with Crippen LogP contribution in [-0.4, -0.2) is 15.5 Å². The molecule has 6 heteroatoms. The van der Waals surface area contributed by atoms with Crippen molar-refractivity contribution in [2.75, 3.05) is 11.8 Å². The van der Waals surface area contributed by atoms with E-state index in [0.29, 0.717) is 17.9 Å². The van der Waals surface area contributed by atoms with Crippen LogP contribution in [0.4, 0.5) is 5.69 Å². The lowest BCUT2D eigenvalue weighted by atomic mass is 10.1. The number of ether oxygens (including phenoxy) is 1. The number of benzene rings is 3. The van der Waals surface area contributed by atoms with Crippen LogP contribution in [0.5, 0.6) is 5.75 Å². The standard InChI is InChI=1S/C22H23NO3S2/c1-3-18-15-21(13-14-22(18)26-2)28(24,25)23-19-11-9-17(10-12-19)16-27-20-7-5-4-6-8-20/h4-15,23H,3,16H2,1-2H3. The fraction of sp³-hybridized carbons (Fsp3) is 0.182. The smallest absolute Gasteiger partial charge is 0.261 e. The Morgan fingerprint density at radius 2 is 1.68 bits per heavy atom. The summed E-state index contributed by atoms with van der Waals surface area (Å²) in [6.45, 7) is 1.97. The molecule has 0 heterocycles. The van der Waals surface area contributed by atoms with E-state index in [1.807, 2.05) is 37.3 Å². The van der Waals surface area contributed by atoms with Gasteiger partial charge in [-0.3, -0.25) is 4.72 Å². The normalized spacial score (nSPS) is 11.2. The Hall–Kier alpha value is -2.44. The van der Waals surface area contributed by atoms with Crippen molar-refractivity contribution < 1.29 is 13.2 Å². The first-order chi connectivity index (χ1) is 13.5. The van der Waals surface area contributed by atoms with Gasteiger partial charge in [-0.2, -0.15) is 0 Å². The Kier molecular flexibility index (Phi) is 6.65. The summed E-state index contributed by atoms with van der Waals surface area (Å²) in [5.74, 6) is 1.52. The van der Waals surface area contributed by atoms with Gasteiger partial charge in [0.25, 0.3) is 10.0 Å². The Balaban J connectivity index is 1.69. The van der Waals surface area contributed by atoms with Gasteiger partial charge < -0.3 is 4.74 Å². The quantitative estimate of drug-likeness (QED) is 0.506. The number of rotatable bonds is 8. The third-order valence-electron chi connectivity index (χ3n) is 4.30. The van der Waals surface area contributed by atoms with Crippen molar-refractivity contribution in [2.24, 2.45) is 0 Å². The number of anilines is 1. The number of hydrogen-bond acceptors (Lipinski definition) is 4. The van der Waals surface area contributed by atoms with Gasteiger partial charge in [-0.05, 0) is 60.0 Å². The lowest BCUT2D eigenvalue weighted by Crippen LogP contribution is -2.13. The van der Waals surface area contributed by atoms with Crippen molar-refractivity contribution in [1.29, 1.82) is 0 Å². The van der Waals surface area contributed by atoms with Crippen LogP contribution in [-0.2, 0) is 22.2 Å². The van der Waals surface area contributed by atoms with Crippen molar-refractivity contribution in [1.82, 2.24) is 0 Å². The van der Waals surface area contributed by atoms with Gasteiger partial charge in [-0.25, -0.2) is 8.42 Å². The highest BCUT2D eigenvalue weighted by atomic mass is 32.2. The summed E-state index contributed by atoms with van der Waals surface area (Å²) in [6.07, 6.45) is 0.695. The molecular formula is C22H23NO3S2. The van der Waals surface area contributed by atoms with Gasteiger partial charge >= 0.3 is 0 Å². The van der Waals surface area contributed by atoms with Gasteiger partial charge in [0.2, 0.25) is 0 Å². The van der Waals surface area contributed by atoms with Crippen molar-refractivity contribution in [2.45, 2.75) is 28.9 Å². The largest absolute Gasteiger partial charge is 0.496 e. The SMILES string of the molecule is CCc1cc(S(=O)(=O)Nc2ccc(CSc3ccccc3)cc2)ccc1OC. The molecule has 0 bridgehead atoms. The highest BCUT2D eigenvalue weighted by Gasteiger charge is 2.16. The lowest BCUT2D eigenvalue weighted by Gasteiger charge is -2.12. The molecule has 0 aliphatic heterocycles. The first kappa shape index (κ1) is 20.3. The summed E-state index contributed by atoms with van der Waals surface area (Å²) in [4.78, 5) is 1.44. The van der Waals surface area contributed by atoms with Gasteiger partial charge in [-0.1, -0.05) is 37.3 Å². The number of thioether (sulfide) groups is 1. The minimum atomic E-state index is -3.65. The van der Waals surface area contributed by atoms with E-state index >= 15 is 0 Å². The maximum atomic E-state index is 12.7. The predicted molar refractivity (Wildman–Crippen MR) is 116 cm³/mol. The average Bonchev–Trinajstić information content (AvgIpc) is 2.73. The summed E-state index contributed by atoms with van der Waals surface area (Å²) in [5.41, 5.74) is 2.54. The van der Waals surface area contributed by atoms with Crippen LogP contribution in [0.25, 0.3) is 0 Å². The summed E-state index contributed by atoms with van der Waals surface area (Å²) in [5, 5.41) is 0. The molecule has 3 aromatic carbocycles. The zero-order chi connectivity index (χ0) is 20.0. The molecular weight excluding hydrogens is 390 g/mol. The van der Waals surface area contributed by atoms with E-state index in [4.69, 9.17) is 4.74 Å². The second-order valence-corrected chi connectivity index (χ2v) is 8.96. The van der Waals surface area contributed by atoms with Gasteiger partial charge in [0.1, 0.15) is 5.75 Å². The zero-order valence-electron chi connectivity index (χ0n) is 15.9. The summed E-state index contributed by atoms with van der Waals surface area (Å²) in [6, 6.07) is 22.6. The molecule has 3 aromatic rings. The number of methoxy groups -OCH3 is 1. The molecule has 4 nitrogen and oxygen atoms in total. The minimum Gasteiger partial charge on any atom is -0.496 e. The highest BCUT2D eigenvalue weighted by molar-refractivity contribution is 7.98. The van der Waals surface area contributed by atoms with Crippen LogP contribution in [0.3, 0.4) is 0 Å². The summed E-state index contributed by atoms with van der Waals surface area (Å²) >= 11 is 1.75. The van der Waals surface area contributed by atoms with Crippen molar-refractivity contribution in [3.05, 3.63) is 83.9 Å². The maximum Gasteiger partial charge on any atom is 0.261 e. The molecule has 0 saturated carbocycles. The molecule has 0 unspecified atom stereocenters. The Bertz CT molecular complexity index is 1020. The molecule has 146 valence electrons. The van der Waals surface area contributed by atoms with E-state index in [1.165, 1.54) is 4.90 Å². The van der Waals surface area contributed by atoms with Crippen molar-refractivity contribution >= 4 is 27.5 Å². The molecule has 1 N–H and O–H groups in total. The Morgan fingerprint density at radius 1 is 0.964 bits per heavy atom. The molecule has 0 atom stereocenters. The molecule has 0 aliphatic rings. The van der Waals surface area contributed by atoms with E-state index in [0.717, 1.165) is 16.9 Å². The lowest BCUT2D eigenvalue weighted by molar-refractivity contribution is 0.409. The summed E-state index contributed by atoms with van der Waals surface area (Å²) < 4.78 is 33.3. The zero-order valence-corrected chi connectivity index (χ0v) is 17.5. The third-order valence-corrected chi connectivity index (χ3v) is 6.76.